The summed E-state index contributed by atoms with van der Waals surface area (Å²) in [5.41, 5.74) is 1.35. The molecule has 3 aromatic rings. The number of hydrogen-bond donors (Lipinski definition) is 1. The summed E-state index contributed by atoms with van der Waals surface area (Å²) in [7, 11) is 0. The van der Waals surface area contributed by atoms with Crippen molar-refractivity contribution in [3.63, 3.8) is 0 Å². The van der Waals surface area contributed by atoms with Gasteiger partial charge in [-0.1, -0.05) is 30.3 Å². The predicted molar refractivity (Wildman–Crippen MR) is 120 cm³/mol. The molecule has 152 valence electrons. The van der Waals surface area contributed by atoms with Crippen molar-refractivity contribution in [1.29, 1.82) is 0 Å². The van der Waals surface area contributed by atoms with E-state index in [0.717, 1.165) is 53.5 Å². The second-order valence-corrected chi connectivity index (χ2v) is 9.78. The minimum atomic E-state index is 0.144. The number of nitrogens with zero attached hydrogens (tertiary/aromatic N) is 3. The maximum absolute atomic E-state index is 12.4. The van der Waals surface area contributed by atoms with Gasteiger partial charge in [0.2, 0.25) is 5.91 Å². The van der Waals surface area contributed by atoms with E-state index in [2.05, 4.69) is 63.5 Å². The lowest BCUT2D eigenvalue weighted by atomic mass is 10.0. The topological polar surface area (TPSA) is 58.1 Å². The molecule has 0 unspecified atom stereocenters. The molecule has 1 aromatic carbocycles. The van der Waals surface area contributed by atoms with Crippen molar-refractivity contribution in [2.75, 3.05) is 18.8 Å². The van der Waals surface area contributed by atoms with E-state index < -0.39 is 0 Å². The van der Waals surface area contributed by atoms with Crippen molar-refractivity contribution in [3.05, 3.63) is 53.2 Å². The zero-order chi connectivity index (χ0) is 20.1. The Kier molecular flexibility index (Phi) is 6.79. The molecular weight excluding hydrogens is 400 g/mol. The Bertz CT molecular complexity index is 952. The molecule has 0 spiro atoms. The normalized spacial score (nSPS) is 15.6. The van der Waals surface area contributed by atoms with Crippen molar-refractivity contribution in [2.24, 2.45) is 0 Å². The number of nitrogens with one attached hydrogen (secondary N) is 1. The molecule has 1 fully saturated rings. The van der Waals surface area contributed by atoms with Crippen molar-refractivity contribution >= 4 is 39.2 Å². The summed E-state index contributed by atoms with van der Waals surface area (Å²) in [4.78, 5) is 25.8. The lowest BCUT2D eigenvalue weighted by molar-refractivity contribution is -0.121. The van der Waals surface area contributed by atoms with Gasteiger partial charge in [0.05, 0.1) is 0 Å². The van der Waals surface area contributed by atoms with Gasteiger partial charge in [0.1, 0.15) is 16.2 Å². The molecule has 4 rings (SSSR count). The van der Waals surface area contributed by atoms with Crippen LogP contribution in [-0.2, 0) is 11.3 Å². The standard InChI is InChI=1S/C22H26N4OS2/c1-16-13-19-21(23-15-24-22(19)29-16)28-12-9-20(27)25-18-7-10-26(11-8-18)14-17-5-3-2-4-6-17/h2-6,13,15,18H,7-12,14H2,1H3,(H,25,27). The number of thioether (sulfide) groups is 1. The van der Waals surface area contributed by atoms with Gasteiger partial charge in [0, 0.05) is 48.1 Å². The molecule has 1 amide bonds. The molecule has 0 aliphatic carbocycles. The summed E-state index contributed by atoms with van der Waals surface area (Å²) in [6, 6.07) is 13.0. The molecule has 1 aliphatic rings. The highest BCUT2D eigenvalue weighted by Gasteiger charge is 2.20. The maximum Gasteiger partial charge on any atom is 0.221 e. The molecule has 5 nitrogen and oxygen atoms in total. The number of aromatic nitrogens is 2. The highest BCUT2D eigenvalue weighted by atomic mass is 32.2. The first-order valence-corrected chi connectivity index (χ1v) is 11.9. The van der Waals surface area contributed by atoms with E-state index in [0.29, 0.717) is 12.5 Å². The molecule has 1 aliphatic heterocycles. The number of aryl methyl sites for hydroxylation is 1. The molecule has 1 saturated heterocycles. The molecule has 1 N–H and O–H groups in total. The van der Waals surface area contributed by atoms with Crippen molar-refractivity contribution in [3.8, 4) is 0 Å². The van der Waals surface area contributed by atoms with Gasteiger partial charge in [0.25, 0.3) is 0 Å². The van der Waals surface area contributed by atoms with Gasteiger partial charge in [-0.05, 0) is 31.4 Å². The number of thiophene rings is 1. The first kappa shape index (κ1) is 20.3. The van der Waals surface area contributed by atoms with Crippen molar-refractivity contribution in [2.45, 2.75) is 43.8 Å². The summed E-state index contributed by atoms with van der Waals surface area (Å²) >= 11 is 3.32. The lowest BCUT2D eigenvalue weighted by Gasteiger charge is -2.32. The summed E-state index contributed by atoms with van der Waals surface area (Å²) in [5.74, 6) is 0.880. The summed E-state index contributed by atoms with van der Waals surface area (Å²) in [6.07, 6.45) is 4.17. The second kappa shape index (κ2) is 9.69. The van der Waals surface area contributed by atoms with Gasteiger partial charge in [0.15, 0.2) is 0 Å². The van der Waals surface area contributed by atoms with E-state index in [4.69, 9.17) is 0 Å². The van der Waals surface area contributed by atoms with E-state index in [1.54, 1.807) is 29.4 Å². The molecule has 29 heavy (non-hydrogen) atoms. The third kappa shape index (κ3) is 5.56. The van der Waals surface area contributed by atoms with Crippen LogP contribution in [0.3, 0.4) is 0 Å². The number of amides is 1. The van der Waals surface area contributed by atoms with Crippen molar-refractivity contribution in [1.82, 2.24) is 20.2 Å². The Morgan fingerprint density at radius 1 is 1.24 bits per heavy atom. The fraction of sp³-hybridized carbons (Fsp3) is 0.409. The number of hydrogen-bond acceptors (Lipinski definition) is 6. The van der Waals surface area contributed by atoms with E-state index in [9.17, 15) is 4.79 Å². The minimum absolute atomic E-state index is 0.144. The Morgan fingerprint density at radius 2 is 2.03 bits per heavy atom. The van der Waals surface area contributed by atoms with E-state index in [1.807, 2.05) is 0 Å². The Morgan fingerprint density at radius 3 is 2.83 bits per heavy atom. The van der Waals surface area contributed by atoms with E-state index in [-0.39, 0.29) is 5.91 Å². The average Bonchev–Trinajstić information content (AvgIpc) is 3.11. The van der Waals surface area contributed by atoms with Crippen LogP contribution in [0.2, 0.25) is 0 Å². The quantitative estimate of drug-likeness (QED) is 0.452. The first-order chi connectivity index (χ1) is 14.2. The lowest BCUT2D eigenvalue weighted by Crippen LogP contribution is -2.44. The highest BCUT2D eigenvalue weighted by molar-refractivity contribution is 7.99. The third-order valence-corrected chi connectivity index (χ3v) is 7.15. The molecule has 0 saturated carbocycles. The van der Waals surface area contributed by atoms with Crippen molar-refractivity contribution < 1.29 is 4.79 Å². The summed E-state index contributed by atoms with van der Waals surface area (Å²) < 4.78 is 0. The monoisotopic (exact) mass is 426 g/mol. The SMILES string of the molecule is Cc1cc2c(SCCC(=O)NC3CCN(Cc4ccccc4)CC3)ncnc2s1. The summed E-state index contributed by atoms with van der Waals surface area (Å²) in [6.45, 7) is 5.14. The van der Waals surface area contributed by atoms with Crippen LogP contribution in [0.25, 0.3) is 10.2 Å². The predicted octanol–water partition coefficient (Wildman–Crippen LogP) is 4.26. The number of fused-ring (bicyclic) bond motifs is 1. The largest absolute Gasteiger partial charge is 0.353 e. The van der Waals surface area contributed by atoms with Gasteiger partial charge in [-0.2, -0.15) is 0 Å². The molecule has 2 aromatic heterocycles. The zero-order valence-corrected chi connectivity index (χ0v) is 18.3. The highest BCUT2D eigenvalue weighted by Crippen LogP contribution is 2.30. The zero-order valence-electron chi connectivity index (χ0n) is 16.6. The third-order valence-electron chi connectivity index (χ3n) is 5.19. The first-order valence-electron chi connectivity index (χ1n) is 10.1. The van der Waals surface area contributed by atoms with Crippen LogP contribution in [0.5, 0.6) is 0 Å². The van der Waals surface area contributed by atoms with Crippen LogP contribution < -0.4 is 5.32 Å². The second-order valence-electron chi connectivity index (χ2n) is 7.46. The number of carbonyl (C=O) groups is 1. The number of piperidine rings is 1. The summed E-state index contributed by atoms with van der Waals surface area (Å²) in [5, 5.41) is 5.30. The van der Waals surface area contributed by atoms with Gasteiger partial charge in [-0.3, -0.25) is 9.69 Å². The van der Waals surface area contributed by atoms with Gasteiger partial charge in [-0.25, -0.2) is 9.97 Å². The molecule has 0 atom stereocenters. The maximum atomic E-state index is 12.4. The molecule has 0 bridgehead atoms. The average molecular weight is 427 g/mol. The number of benzene rings is 1. The van der Waals surface area contributed by atoms with Crippen LogP contribution in [0.4, 0.5) is 0 Å². The van der Waals surface area contributed by atoms with Crippen LogP contribution in [0.1, 0.15) is 29.7 Å². The smallest absolute Gasteiger partial charge is 0.221 e. The minimum Gasteiger partial charge on any atom is -0.353 e. The number of carbonyl (C=O) groups excluding carboxylic acids is 1. The van der Waals surface area contributed by atoms with E-state index >= 15 is 0 Å². The van der Waals surface area contributed by atoms with Crippen LogP contribution >= 0.6 is 23.1 Å². The molecule has 0 radical (unpaired) electrons. The molecular formula is C22H26N4OS2. The fourth-order valence-corrected chi connectivity index (χ4v) is 5.51. The van der Waals surface area contributed by atoms with Gasteiger partial charge >= 0.3 is 0 Å². The van der Waals surface area contributed by atoms with E-state index in [1.165, 1.54) is 10.4 Å². The molecule has 7 heteroatoms. The Balaban J connectivity index is 1.18. The molecule has 3 heterocycles. The Hall–Kier alpha value is -1.96. The van der Waals surface area contributed by atoms with Crippen LogP contribution in [0.15, 0.2) is 47.8 Å². The van der Waals surface area contributed by atoms with Crippen LogP contribution in [-0.4, -0.2) is 45.7 Å². The van der Waals surface area contributed by atoms with Gasteiger partial charge in [-0.15, -0.1) is 23.1 Å². The Labute approximate surface area is 179 Å². The number of likely N-dealkylation sites (tertiary alicyclic amines) is 1. The van der Waals surface area contributed by atoms with Crippen LogP contribution in [0, 0.1) is 6.92 Å². The van der Waals surface area contributed by atoms with Gasteiger partial charge < -0.3 is 5.32 Å². The fourth-order valence-electron chi connectivity index (χ4n) is 3.69. The number of rotatable bonds is 7.